The quantitative estimate of drug-likeness (QED) is 0.0222. The molecule has 0 amide bonds. The first-order chi connectivity index (χ1) is 37.4. The number of unbranched alkanes of at least 4 members (excludes halogenated alkanes) is 28. The number of aliphatic hydroxyl groups is 1. The number of carbonyl (C=O) groups is 4. The van der Waals surface area contributed by atoms with Gasteiger partial charge in [0.2, 0.25) is 0 Å². The molecule has 0 spiro atoms. The standard InChI is InChI=1S/C59H114O17P2/c1-7-9-11-13-14-15-20-23-30-36-42-57(62)70-48-55(75-58(63)43-37-31-24-21-18-16-17-19-22-28-33-39-51(3)4)50-74-78(67,68)72-46-53(60)45-71-77(65,66)73-49-54(47-69-56(61)41-35-27-12-10-8-2)76-59(64)44-38-32-26-25-29-34-40-52(5)6/h51-55,60H,7-50H2,1-6H3,(H,65,66)(H,67,68)/t53-,54+,55+/m0/s1. The Morgan fingerprint density at radius 1 is 0.346 bits per heavy atom. The molecule has 0 aliphatic rings. The fourth-order valence-corrected chi connectivity index (χ4v) is 10.2. The van der Waals surface area contributed by atoms with Crippen LogP contribution in [-0.4, -0.2) is 96.7 Å². The van der Waals surface area contributed by atoms with E-state index in [2.05, 4.69) is 41.5 Å². The molecule has 5 atom stereocenters. The van der Waals surface area contributed by atoms with E-state index >= 15 is 0 Å². The Hall–Kier alpha value is -1.94. The van der Waals surface area contributed by atoms with Crippen LogP contribution in [0.5, 0.6) is 0 Å². The summed E-state index contributed by atoms with van der Waals surface area (Å²) in [4.78, 5) is 71.7. The Labute approximate surface area is 473 Å². The minimum atomic E-state index is -4.94. The molecule has 0 aromatic rings. The van der Waals surface area contributed by atoms with Gasteiger partial charge in [-0.2, -0.15) is 0 Å². The molecule has 0 aromatic carbocycles. The van der Waals surface area contributed by atoms with E-state index < -0.39 is 97.5 Å². The number of hydrogen-bond donors (Lipinski definition) is 3. The van der Waals surface area contributed by atoms with E-state index in [1.807, 2.05) is 0 Å². The predicted octanol–water partition coefficient (Wildman–Crippen LogP) is 15.7. The molecular formula is C59H114O17P2. The van der Waals surface area contributed by atoms with Crippen molar-refractivity contribution < 1.29 is 80.2 Å². The average Bonchev–Trinajstić information content (AvgIpc) is 3.39. The van der Waals surface area contributed by atoms with Gasteiger partial charge in [0.15, 0.2) is 12.2 Å². The van der Waals surface area contributed by atoms with Gasteiger partial charge in [-0.25, -0.2) is 9.13 Å². The highest BCUT2D eigenvalue weighted by Crippen LogP contribution is 2.45. The van der Waals surface area contributed by atoms with Gasteiger partial charge >= 0.3 is 39.5 Å². The molecule has 19 heteroatoms. The molecule has 0 aliphatic heterocycles. The molecule has 0 bridgehead atoms. The fraction of sp³-hybridized carbons (Fsp3) is 0.932. The Morgan fingerprint density at radius 3 is 0.872 bits per heavy atom. The summed E-state index contributed by atoms with van der Waals surface area (Å²) in [6.45, 7) is 9.26. The largest absolute Gasteiger partial charge is 0.472 e. The Morgan fingerprint density at radius 2 is 0.590 bits per heavy atom. The van der Waals surface area contributed by atoms with E-state index in [4.69, 9.17) is 37.0 Å². The van der Waals surface area contributed by atoms with Crippen molar-refractivity contribution in [2.45, 2.75) is 304 Å². The molecule has 0 aliphatic carbocycles. The van der Waals surface area contributed by atoms with Crippen LogP contribution in [0.1, 0.15) is 286 Å². The third-order valence-electron chi connectivity index (χ3n) is 13.5. The summed E-state index contributed by atoms with van der Waals surface area (Å²) in [7, 11) is -9.87. The summed E-state index contributed by atoms with van der Waals surface area (Å²) in [5.41, 5.74) is 0. The third kappa shape index (κ3) is 53.4. The molecule has 3 N–H and O–H groups in total. The van der Waals surface area contributed by atoms with Crippen molar-refractivity contribution >= 4 is 39.5 Å². The lowest BCUT2D eigenvalue weighted by Crippen LogP contribution is -2.30. The van der Waals surface area contributed by atoms with E-state index in [-0.39, 0.29) is 25.7 Å². The first kappa shape index (κ1) is 76.1. The second-order valence-corrected chi connectivity index (χ2v) is 25.2. The van der Waals surface area contributed by atoms with E-state index in [1.54, 1.807) is 0 Å². The predicted molar refractivity (Wildman–Crippen MR) is 308 cm³/mol. The molecule has 0 aromatic heterocycles. The summed E-state index contributed by atoms with van der Waals surface area (Å²) in [6, 6.07) is 0. The van der Waals surface area contributed by atoms with Gasteiger partial charge in [0, 0.05) is 25.7 Å². The molecule has 0 radical (unpaired) electrons. The molecule has 2 unspecified atom stereocenters. The molecule has 462 valence electrons. The van der Waals surface area contributed by atoms with Crippen LogP contribution < -0.4 is 0 Å². The monoisotopic (exact) mass is 1160 g/mol. The summed E-state index contributed by atoms with van der Waals surface area (Å²) in [5, 5.41) is 10.5. The summed E-state index contributed by atoms with van der Waals surface area (Å²) >= 11 is 0. The lowest BCUT2D eigenvalue weighted by atomic mass is 10.0. The van der Waals surface area contributed by atoms with Crippen molar-refractivity contribution in [2.75, 3.05) is 39.6 Å². The third-order valence-corrected chi connectivity index (χ3v) is 15.4. The van der Waals surface area contributed by atoms with Gasteiger partial charge < -0.3 is 33.8 Å². The van der Waals surface area contributed by atoms with E-state index in [0.717, 1.165) is 102 Å². The highest BCUT2D eigenvalue weighted by molar-refractivity contribution is 7.47. The maximum Gasteiger partial charge on any atom is 0.472 e. The van der Waals surface area contributed by atoms with Gasteiger partial charge in [0.25, 0.3) is 0 Å². The smallest absolute Gasteiger partial charge is 0.462 e. The van der Waals surface area contributed by atoms with Crippen LogP contribution in [0.25, 0.3) is 0 Å². The number of esters is 4. The number of rotatable bonds is 58. The van der Waals surface area contributed by atoms with Gasteiger partial charge in [-0.15, -0.1) is 0 Å². The van der Waals surface area contributed by atoms with E-state index in [9.17, 15) is 43.2 Å². The summed E-state index contributed by atoms with van der Waals surface area (Å²) < 4.78 is 67.5. The molecule has 0 saturated carbocycles. The summed E-state index contributed by atoms with van der Waals surface area (Å²) in [6.07, 6.45) is 32.6. The van der Waals surface area contributed by atoms with Gasteiger partial charge in [0.1, 0.15) is 19.3 Å². The first-order valence-corrected chi connectivity index (χ1v) is 34.0. The number of phosphoric ester groups is 2. The Balaban J connectivity index is 5.18. The van der Waals surface area contributed by atoms with E-state index in [0.29, 0.717) is 31.6 Å². The zero-order chi connectivity index (χ0) is 58.0. The van der Waals surface area contributed by atoms with Gasteiger partial charge in [-0.3, -0.25) is 37.3 Å². The van der Waals surface area contributed by atoms with E-state index in [1.165, 1.54) is 96.3 Å². The molecule has 17 nitrogen and oxygen atoms in total. The van der Waals surface area contributed by atoms with Crippen molar-refractivity contribution in [3.05, 3.63) is 0 Å². The first-order valence-electron chi connectivity index (χ1n) is 31.0. The molecule has 0 saturated heterocycles. The molecule has 78 heavy (non-hydrogen) atoms. The Kier molecular flexibility index (Phi) is 50.6. The van der Waals surface area contributed by atoms with Crippen LogP contribution in [0.4, 0.5) is 0 Å². The minimum absolute atomic E-state index is 0.101. The normalized spacial score (nSPS) is 14.4. The van der Waals surface area contributed by atoms with Crippen LogP contribution in [0.2, 0.25) is 0 Å². The number of hydrogen-bond acceptors (Lipinski definition) is 15. The van der Waals surface area contributed by atoms with Crippen molar-refractivity contribution in [3.8, 4) is 0 Å². The van der Waals surface area contributed by atoms with Crippen molar-refractivity contribution in [1.82, 2.24) is 0 Å². The molecule has 0 heterocycles. The Bertz CT molecular complexity index is 1550. The van der Waals surface area contributed by atoms with Crippen LogP contribution >= 0.6 is 15.6 Å². The van der Waals surface area contributed by atoms with Gasteiger partial charge in [-0.1, -0.05) is 234 Å². The molecular weight excluding hydrogens is 1040 g/mol. The van der Waals surface area contributed by atoms with Crippen LogP contribution in [0.15, 0.2) is 0 Å². The zero-order valence-electron chi connectivity index (χ0n) is 50.0. The van der Waals surface area contributed by atoms with Crippen LogP contribution in [-0.2, 0) is 65.4 Å². The highest BCUT2D eigenvalue weighted by Gasteiger charge is 2.30. The van der Waals surface area contributed by atoms with Crippen molar-refractivity contribution in [1.29, 1.82) is 0 Å². The maximum absolute atomic E-state index is 12.9. The molecule has 0 fully saturated rings. The maximum atomic E-state index is 12.9. The number of phosphoric acid groups is 2. The van der Waals surface area contributed by atoms with Crippen molar-refractivity contribution in [2.24, 2.45) is 11.8 Å². The highest BCUT2D eigenvalue weighted by atomic mass is 31.2. The lowest BCUT2D eigenvalue weighted by molar-refractivity contribution is -0.161. The van der Waals surface area contributed by atoms with Crippen molar-refractivity contribution in [3.63, 3.8) is 0 Å². The number of carbonyl (C=O) groups excluding carboxylic acids is 4. The fourth-order valence-electron chi connectivity index (χ4n) is 8.65. The zero-order valence-corrected chi connectivity index (χ0v) is 51.7. The topological polar surface area (TPSA) is 237 Å². The lowest BCUT2D eigenvalue weighted by Gasteiger charge is -2.21. The average molecular weight is 1160 g/mol. The second-order valence-electron chi connectivity index (χ2n) is 22.3. The number of aliphatic hydroxyl groups excluding tert-OH is 1. The SMILES string of the molecule is CCCCCCCCCCCCC(=O)OC[C@H](COP(=O)(O)OC[C@@H](O)COP(=O)(O)OC[C@@H](COC(=O)CCCCCCC)OC(=O)CCCCCCCCC(C)C)OC(=O)CCCCCCCCCCCCCC(C)C. The second kappa shape index (κ2) is 51.9. The summed E-state index contributed by atoms with van der Waals surface area (Å²) in [5.74, 6) is -0.720. The molecule has 0 rings (SSSR count). The van der Waals surface area contributed by atoms with Crippen LogP contribution in [0, 0.1) is 11.8 Å². The number of ether oxygens (including phenoxy) is 4. The minimum Gasteiger partial charge on any atom is -0.462 e. The van der Waals surface area contributed by atoms with Gasteiger partial charge in [-0.05, 0) is 37.5 Å². The van der Waals surface area contributed by atoms with Crippen LogP contribution in [0.3, 0.4) is 0 Å². The van der Waals surface area contributed by atoms with Gasteiger partial charge in [0.05, 0.1) is 26.4 Å².